The van der Waals surface area contributed by atoms with Crippen molar-refractivity contribution in [3.8, 4) is 5.75 Å². The van der Waals surface area contributed by atoms with Crippen LogP contribution in [0.5, 0.6) is 5.75 Å². The number of ether oxygens (including phenoxy) is 1. The molecule has 0 radical (unpaired) electrons. The van der Waals surface area contributed by atoms with Crippen LogP contribution in [0.2, 0.25) is 0 Å². The van der Waals surface area contributed by atoms with Gasteiger partial charge in [0.05, 0.1) is 22.9 Å². The van der Waals surface area contributed by atoms with Gasteiger partial charge in [0, 0.05) is 12.0 Å². The first-order chi connectivity index (χ1) is 11.8. The molecular weight excluding hydrogens is 336 g/mol. The van der Waals surface area contributed by atoms with Gasteiger partial charge in [0.1, 0.15) is 18.2 Å². The quantitative estimate of drug-likeness (QED) is 0.744. The molecule has 1 aliphatic heterocycles. The monoisotopic (exact) mass is 358 g/mol. The van der Waals surface area contributed by atoms with E-state index in [2.05, 4.69) is 28.3 Å². The zero-order chi connectivity index (χ0) is 16.4. The maximum Gasteiger partial charge on any atom is 0.132 e. The number of fused-ring (bicyclic) bond motifs is 1. The predicted octanol–water partition coefficient (Wildman–Crippen LogP) is 3.81. The summed E-state index contributed by atoms with van der Waals surface area (Å²) >= 11 is 0. The Labute approximate surface area is 153 Å². The first kappa shape index (κ1) is 17.7. The number of H-pyrrole nitrogens is 1. The van der Waals surface area contributed by atoms with Gasteiger partial charge in [0.25, 0.3) is 0 Å². The summed E-state index contributed by atoms with van der Waals surface area (Å²) in [5, 5.41) is 3.48. The van der Waals surface area contributed by atoms with Crippen LogP contribution in [0.3, 0.4) is 0 Å². The summed E-state index contributed by atoms with van der Waals surface area (Å²) in [6, 6.07) is 12.4. The van der Waals surface area contributed by atoms with Gasteiger partial charge in [-0.25, -0.2) is 9.97 Å². The highest BCUT2D eigenvalue weighted by Gasteiger charge is 2.22. The van der Waals surface area contributed by atoms with Gasteiger partial charge in [-0.1, -0.05) is 18.2 Å². The lowest BCUT2D eigenvalue weighted by molar-refractivity contribution is 0.302. The van der Waals surface area contributed by atoms with Gasteiger partial charge in [-0.05, 0) is 44.5 Å². The minimum atomic E-state index is 0. The van der Waals surface area contributed by atoms with Crippen LogP contribution < -0.4 is 10.1 Å². The molecule has 2 atom stereocenters. The fourth-order valence-corrected chi connectivity index (χ4v) is 3.31. The summed E-state index contributed by atoms with van der Waals surface area (Å²) in [6.07, 6.45) is 4.10. The lowest BCUT2D eigenvalue weighted by atomic mass is 9.92. The third-order valence-electron chi connectivity index (χ3n) is 4.57. The van der Waals surface area contributed by atoms with Crippen LogP contribution in [-0.4, -0.2) is 27.5 Å². The van der Waals surface area contributed by atoms with Crippen molar-refractivity contribution >= 4 is 23.4 Å². The summed E-state index contributed by atoms with van der Waals surface area (Å²) in [4.78, 5) is 12.7. The van der Waals surface area contributed by atoms with Gasteiger partial charge < -0.3 is 15.0 Å². The topological polar surface area (TPSA) is 62.8 Å². The number of halogens is 1. The maximum absolute atomic E-state index is 5.79. The predicted molar refractivity (Wildman–Crippen MR) is 101 cm³/mol. The minimum Gasteiger partial charge on any atom is -0.487 e. The van der Waals surface area contributed by atoms with Crippen LogP contribution in [-0.2, 0) is 6.61 Å². The molecule has 25 heavy (non-hydrogen) atoms. The van der Waals surface area contributed by atoms with Crippen LogP contribution in [0.15, 0.2) is 42.6 Å². The van der Waals surface area contributed by atoms with Crippen LogP contribution in [0.25, 0.3) is 11.0 Å². The molecule has 132 valence electrons. The van der Waals surface area contributed by atoms with Gasteiger partial charge in [0.2, 0.25) is 0 Å². The molecule has 0 spiro atoms. The molecule has 2 N–H and O–H groups in total. The number of nitrogens with zero attached hydrogens (tertiary/aromatic N) is 2. The normalized spacial score (nSPS) is 20.2. The summed E-state index contributed by atoms with van der Waals surface area (Å²) in [5.74, 6) is 2.28. The van der Waals surface area contributed by atoms with Gasteiger partial charge in [0.15, 0.2) is 0 Å². The highest BCUT2D eigenvalue weighted by Crippen LogP contribution is 2.26. The highest BCUT2D eigenvalue weighted by molar-refractivity contribution is 5.85. The Bertz CT molecular complexity index is 821. The molecule has 1 saturated heterocycles. The number of benzene rings is 1. The molecule has 2 aromatic heterocycles. The molecule has 1 aromatic carbocycles. The second-order valence-electron chi connectivity index (χ2n) is 6.50. The molecule has 5 nitrogen and oxygen atoms in total. The van der Waals surface area contributed by atoms with Gasteiger partial charge in [-0.2, -0.15) is 0 Å². The number of hydrogen-bond donors (Lipinski definition) is 2. The average Bonchev–Trinajstić information content (AvgIpc) is 3.03. The molecule has 6 heteroatoms. The van der Waals surface area contributed by atoms with Crippen molar-refractivity contribution in [2.75, 3.05) is 6.54 Å². The molecule has 2 unspecified atom stereocenters. The van der Waals surface area contributed by atoms with Crippen molar-refractivity contribution in [2.45, 2.75) is 38.3 Å². The zero-order valence-electron chi connectivity index (χ0n) is 14.2. The van der Waals surface area contributed by atoms with E-state index < -0.39 is 0 Å². The molecule has 0 saturated carbocycles. The Hall–Kier alpha value is -2.11. The first-order valence-electron chi connectivity index (χ1n) is 8.54. The van der Waals surface area contributed by atoms with Crippen LogP contribution in [0.4, 0.5) is 0 Å². The maximum atomic E-state index is 5.79. The lowest BCUT2D eigenvalue weighted by Crippen LogP contribution is -2.35. The summed E-state index contributed by atoms with van der Waals surface area (Å²) in [5.41, 5.74) is 2.95. The van der Waals surface area contributed by atoms with E-state index in [0.717, 1.165) is 47.7 Å². The molecule has 3 aromatic rings. The molecule has 1 aliphatic rings. The van der Waals surface area contributed by atoms with Crippen molar-refractivity contribution in [1.82, 2.24) is 20.3 Å². The number of aromatic amines is 1. The number of nitrogens with one attached hydrogen (secondary N) is 2. The van der Waals surface area contributed by atoms with Gasteiger partial charge in [-0.15, -0.1) is 12.4 Å². The fraction of sp³-hybridized carbons (Fsp3) is 0.368. The second kappa shape index (κ2) is 7.85. The molecule has 0 aliphatic carbocycles. The first-order valence-corrected chi connectivity index (χ1v) is 8.54. The van der Waals surface area contributed by atoms with E-state index in [1.807, 2.05) is 36.5 Å². The third kappa shape index (κ3) is 4.11. The summed E-state index contributed by atoms with van der Waals surface area (Å²) in [7, 11) is 0. The average molecular weight is 359 g/mol. The highest BCUT2D eigenvalue weighted by atomic mass is 35.5. The largest absolute Gasteiger partial charge is 0.487 e. The van der Waals surface area contributed by atoms with Crippen molar-refractivity contribution < 1.29 is 4.74 Å². The van der Waals surface area contributed by atoms with Crippen molar-refractivity contribution in [1.29, 1.82) is 0 Å². The van der Waals surface area contributed by atoms with Crippen LogP contribution >= 0.6 is 12.4 Å². The van der Waals surface area contributed by atoms with E-state index in [4.69, 9.17) is 9.72 Å². The van der Waals surface area contributed by atoms with E-state index in [1.54, 1.807) is 0 Å². The third-order valence-corrected chi connectivity index (χ3v) is 4.57. The Morgan fingerprint density at radius 2 is 2.08 bits per heavy atom. The SMILES string of the molecule is CC1CC(c2ncc3[nH]c(COc4ccccc4)cc3n2)CCN1.Cl. The Morgan fingerprint density at radius 3 is 2.88 bits per heavy atom. The van der Waals surface area contributed by atoms with E-state index in [0.29, 0.717) is 18.6 Å². The number of para-hydroxylation sites is 1. The van der Waals surface area contributed by atoms with Gasteiger partial charge >= 0.3 is 0 Å². The van der Waals surface area contributed by atoms with Crippen LogP contribution in [0.1, 0.15) is 37.2 Å². The zero-order valence-corrected chi connectivity index (χ0v) is 15.1. The van der Waals surface area contributed by atoms with Crippen molar-refractivity contribution in [3.05, 3.63) is 54.1 Å². The molecule has 0 amide bonds. The molecule has 4 rings (SSSR count). The van der Waals surface area contributed by atoms with Gasteiger partial charge in [-0.3, -0.25) is 0 Å². The number of piperidine rings is 1. The Balaban J connectivity index is 0.00000182. The molecule has 0 bridgehead atoms. The smallest absolute Gasteiger partial charge is 0.132 e. The van der Waals surface area contributed by atoms with Crippen molar-refractivity contribution in [2.24, 2.45) is 0 Å². The molecule has 1 fully saturated rings. The Kier molecular flexibility index (Phi) is 5.56. The minimum absolute atomic E-state index is 0. The standard InChI is InChI=1S/C19H22N4O.ClH/c1-13-9-14(7-8-20-13)19-21-11-18-17(23-19)10-15(22-18)12-24-16-5-3-2-4-6-16;/h2-6,10-11,13-14,20,22H,7-9,12H2,1H3;1H. The van der Waals surface area contributed by atoms with Crippen LogP contribution in [0, 0.1) is 0 Å². The van der Waals surface area contributed by atoms with Crippen molar-refractivity contribution in [3.63, 3.8) is 0 Å². The summed E-state index contributed by atoms with van der Waals surface area (Å²) in [6.45, 7) is 3.76. The van der Waals surface area contributed by atoms with E-state index in [-0.39, 0.29) is 12.4 Å². The molecular formula is C19H23ClN4O. The van der Waals surface area contributed by atoms with E-state index in [9.17, 15) is 0 Å². The fourth-order valence-electron chi connectivity index (χ4n) is 3.31. The number of rotatable bonds is 4. The van der Waals surface area contributed by atoms with E-state index >= 15 is 0 Å². The summed E-state index contributed by atoms with van der Waals surface area (Å²) < 4.78 is 5.79. The number of aromatic nitrogens is 3. The van der Waals surface area contributed by atoms with E-state index in [1.165, 1.54) is 0 Å². The Morgan fingerprint density at radius 1 is 1.24 bits per heavy atom. The second-order valence-corrected chi connectivity index (χ2v) is 6.50. The lowest BCUT2D eigenvalue weighted by Gasteiger charge is -2.26. The molecule has 3 heterocycles. The number of hydrogen-bond acceptors (Lipinski definition) is 4.